The van der Waals surface area contributed by atoms with Gasteiger partial charge in [-0.25, -0.2) is 0 Å². The van der Waals surface area contributed by atoms with E-state index < -0.39 is 0 Å². The number of para-hydroxylation sites is 3. The van der Waals surface area contributed by atoms with Gasteiger partial charge in [-0.2, -0.15) is 0 Å². The standard InChI is InChI=1S/C38H25BN2O/c1-22-14-17-24(18-15-22)40-32-19-16-23(2)20-30(32)39-36-29(21-34-35(38(36)40)28-9-4-6-13-33(28)42-34)27-11-7-10-26-25-8-3-5-12-31(25)41(39)37(26)27/h3-21H,1-2H3. The van der Waals surface area contributed by atoms with Crippen LogP contribution in [0.2, 0.25) is 0 Å². The molecule has 0 fully saturated rings. The van der Waals surface area contributed by atoms with Crippen LogP contribution in [0.3, 0.4) is 0 Å². The van der Waals surface area contributed by atoms with Gasteiger partial charge in [0.05, 0.1) is 11.1 Å². The van der Waals surface area contributed by atoms with Gasteiger partial charge in [-0.15, -0.1) is 0 Å². The van der Waals surface area contributed by atoms with Crippen molar-refractivity contribution in [3.05, 3.63) is 126 Å². The maximum Gasteiger partial charge on any atom is 0.333 e. The molecule has 4 heterocycles. The third-order valence-electron chi connectivity index (χ3n) is 9.47. The van der Waals surface area contributed by atoms with E-state index in [0.29, 0.717) is 0 Å². The van der Waals surface area contributed by atoms with Crippen molar-refractivity contribution in [1.29, 1.82) is 0 Å². The number of rotatable bonds is 1. The zero-order valence-electron chi connectivity index (χ0n) is 23.3. The smallest absolute Gasteiger partial charge is 0.333 e. The number of anilines is 3. The zero-order chi connectivity index (χ0) is 27.7. The molecule has 196 valence electrons. The van der Waals surface area contributed by atoms with Gasteiger partial charge in [0.1, 0.15) is 11.2 Å². The minimum absolute atomic E-state index is 0.0296. The number of benzene rings is 6. The number of nitrogens with zero attached hydrogens (tertiary/aromatic N) is 2. The molecule has 6 aromatic carbocycles. The second-order valence-electron chi connectivity index (χ2n) is 11.9. The van der Waals surface area contributed by atoms with Crippen molar-refractivity contribution in [2.45, 2.75) is 13.8 Å². The normalized spacial score (nSPS) is 13.4. The van der Waals surface area contributed by atoms with Crippen LogP contribution < -0.4 is 15.8 Å². The molecule has 2 aliphatic rings. The summed E-state index contributed by atoms with van der Waals surface area (Å²) in [7, 11) is 0. The van der Waals surface area contributed by atoms with Crippen molar-refractivity contribution in [1.82, 2.24) is 4.48 Å². The Labute approximate surface area is 243 Å². The second kappa shape index (κ2) is 7.74. The molecule has 0 bridgehead atoms. The molecule has 0 atom stereocenters. The molecule has 0 spiro atoms. The van der Waals surface area contributed by atoms with E-state index in [2.05, 4.69) is 138 Å². The van der Waals surface area contributed by atoms with Gasteiger partial charge in [-0.3, -0.25) is 0 Å². The molecule has 2 aromatic heterocycles. The van der Waals surface area contributed by atoms with E-state index in [-0.39, 0.29) is 6.85 Å². The molecule has 42 heavy (non-hydrogen) atoms. The molecular formula is C38H25BN2O. The SMILES string of the molecule is Cc1ccc(N2c3ccc(C)cc3B3c4c(cc5oc6ccccc6c5c42)-c2cccc4c5ccccc5n3c24)cc1. The molecule has 2 aliphatic heterocycles. The van der Waals surface area contributed by atoms with Gasteiger partial charge in [0.2, 0.25) is 0 Å². The Balaban J connectivity index is 1.48. The van der Waals surface area contributed by atoms with Gasteiger partial charge in [-0.1, -0.05) is 90.0 Å². The average molecular weight is 536 g/mol. The first-order valence-electron chi connectivity index (χ1n) is 14.6. The molecular weight excluding hydrogens is 511 g/mol. The van der Waals surface area contributed by atoms with Crippen LogP contribution >= 0.6 is 0 Å². The maximum atomic E-state index is 6.64. The average Bonchev–Trinajstić information content (AvgIpc) is 3.56. The third-order valence-corrected chi connectivity index (χ3v) is 9.47. The summed E-state index contributed by atoms with van der Waals surface area (Å²) in [5.74, 6) is 0. The lowest BCUT2D eigenvalue weighted by atomic mass is 9.44. The molecule has 3 nitrogen and oxygen atoms in total. The van der Waals surface area contributed by atoms with Gasteiger partial charge in [0, 0.05) is 44.1 Å². The fraction of sp³-hybridized carbons (Fsp3) is 0.0526. The first-order valence-corrected chi connectivity index (χ1v) is 14.6. The minimum Gasteiger partial charge on any atom is -0.456 e. The number of aromatic nitrogens is 1. The highest BCUT2D eigenvalue weighted by molar-refractivity contribution is 6.90. The first kappa shape index (κ1) is 22.5. The van der Waals surface area contributed by atoms with Crippen molar-refractivity contribution in [2.24, 2.45) is 0 Å². The van der Waals surface area contributed by atoms with E-state index in [1.165, 1.54) is 71.7 Å². The Kier molecular flexibility index (Phi) is 4.14. The van der Waals surface area contributed by atoms with Gasteiger partial charge in [-0.05, 0) is 66.7 Å². The molecule has 0 unspecified atom stereocenters. The number of hydrogen-bond acceptors (Lipinski definition) is 2. The minimum atomic E-state index is 0.0296. The van der Waals surface area contributed by atoms with E-state index >= 15 is 0 Å². The summed E-state index contributed by atoms with van der Waals surface area (Å²) < 4.78 is 9.26. The molecule has 0 amide bonds. The summed E-state index contributed by atoms with van der Waals surface area (Å²) >= 11 is 0. The van der Waals surface area contributed by atoms with E-state index in [9.17, 15) is 0 Å². The van der Waals surface area contributed by atoms with Crippen LogP contribution in [-0.2, 0) is 0 Å². The lowest BCUT2D eigenvalue weighted by Crippen LogP contribution is -2.56. The highest BCUT2D eigenvalue weighted by Crippen LogP contribution is 2.49. The van der Waals surface area contributed by atoms with Crippen LogP contribution in [0.15, 0.2) is 120 Å². The topological polar surface area (TPSA) is 21.3 Å². The zero-order valence-corrected chi connectivity index (χ0v) is 23.3. The Bertz CT molecular complexity index is 2450. The molecule has 0 aliphatic carbocycles. The summed E-state index contributed by atoms with van der Waals surface area (Å²) in [5.41, 5.74) is 15.7. The summed E-state index contributed by atoms with van der Waals surface area (Å²) in [6.07, 6.45) is 0. The highest BCUT2D eigenvalue weighted by atomic mass is 16.3. The van der Waals surface area contributed by atoms with E-state index in [0.717, 1.165) is 22.2 Å². The number of furan rings is 1. The largest absolute Gasteiger partial charge is 0.456 e. The number of fused-ring (bicyclic) bond motifs is 11. The molecule has 0 saturated carbocycles. The quantitative estimate of drug-likeness (QED) is 0.196. The summed E-state index contributed by atoms with van der Waals surface area (Å²) in [5, 5.41) is 4.93. The lowest BCUT2D eigenvalue weighted by Gasteiger charge is -2.41. The van der Waals surface area contributed by atoms with Crippen LogP contribution in [0.4, 0.5) is 17.1 Å². The van der Waals surface area contributed by atoms with E-state index in [4.69, 9.17) is 4.42 Å². The molecule has 8 aromatic rings. The number of hydrogen-bond donors (Lipinski definition) is 0. The van der Waals surface area contributed by atoms with E-state index in [1.54, 1.807) is 0 Å². The fourth-order valence-electron chi connectivity index (χ4n) is 7.75. The predicted molar refractivity (Wildman–Crippen MR) is 177 cm³/mol. The van der Waals surface area contributed by atoms with Crippen LogP contribution in [0.25, 0.3) is 54.9 Å². The van der Waals surface area contributed by atoms with Crippen molar-refractivity contribution in [2.75, 3.05) is 4.90 Å². The van der Waals surface area contributed by atoms with Gasteiger partial charge in [0.25, 0.3) is 0 Å². The van der Waals surface area contributed by atoms with Gasteiger partial charge < -0.3 is 13.8 Å². The molecule has 4 heteroatoms. The Morgan fingerprint density at radius 1 is 0.619 bits per heavy atom. The maximum absolute atomic E-state index is 6.64. The van der Waals surface area contributed by atoms with Crippen molar-refractivity contribution >= 4 is 78.6 Å². The monoisotopic (exact) mass is 536 g/mol. The van der Waals surface area contributed by atoms with Crippen LogP contribution in [-0.4, -0.2) is 11.3 Å². The Morgan fingerprint density at radius 2 is 1.38 bits per heavy atom. The van der Waals surface area contributed by atoms with Crippen molar-refractivity contribution < 1.29 is 4.42 Å². The Hall–Kier alpha value is -5.22. The van der Waals surface area contributed by atoms with Crippen LogP contribution in [0.1, 0.15) is 11.1 Å². The summed E-state index contributed by atoms with van der Waals surface area (Å²) in [6, 6.07) is 42.4. The van der Waals surface area contributed by atoms with E-state index in [1.807, 2.05) is 0 Å². The van der Waals surface area contributed by atoms with Crippen LogP contribution in [0.5, 0.6) is 0 Å². The predicted octanol–water partition coefficient (Wildman–Crippen LogP) is 8.73. The molecule has 10 rings (SSSR count). The fourth-order valence-corrected chi connectivity index (χ4v) is 7.75. The van der Waals surface area contributed by atoms with Gasteiger partial charge >= 0.3 is 6.85 Å². The van der Waals surface area contributed by atoms with Gasteiger partial charge in [0.15, 0.2) is 0 Å². The molecule has 0 N–H and O–H groups in total. The molecule has 0 radical (unpaired) electrons. The summed E-state index contributed by atoms with van der Waals surface area (Å²) in [6.45, 7) is 4.39. The number of aryl methyl sites for hydroxylation is 2. The highest BCUT2D eigenvalue weighted by Gasteiger charge is 2.44. The lowest BCUT2D eigenvalue weighted by molar-refractivity contribution is 0.669. The van der Waals surface area contributed by atoms with Crippen LogP contribution in [0, 0.1) is 13.8 Å². The Morgan fingerprint density at radius 3 is 2.26 bits per heavy atom. The van der Waals surface area contributed by atoms with Crippen molar-refractivity contribution in [3.8, 4) is 11.1 Å². The third kappa shape index (κ3) is 2.68. The van der Waals surface area contributed by atoms with Crippen molar-refractivity contribution in [3.63, 3.8) is 0 Å². The molecule has 0 saturated heterocycles. The first-order chi connectivity index (χ1) is 20.7. The second-order valence-corrected chi connectivity index (χ2v) is 11.9. The summed E-state index contributed by atoms with van der Waals surface area (Å²) in [4.78, 5) is 2.49.